The molecule has 1 heterocycles. The largest absolute Gasteiger partial charge is 0.484 e. The first-order valence-corrected chi connectivity index (χ1v) is 12.0. The molecular formula is C29H29N3O5. The van der Waals surface area contributed by atoms with E-state index in [-0.39, 0.29) is 18.6 Å². The molecule has 0 amide bonds. The van der Waals surface area contributed by atoms with Gasteiger partial charge in [0.05, 0.1) is 12.2 Å². The van der Waals surface area contributed by atoms with Gasteiger partial charge in [0, 0.05) is 17.7 Å². The van der Waals surface area contributed by atoms with Crippen molar-refractivity contribution in [3.63, 3.8) is 0 Å². The third-order valence-corrected chi connectivity index (χ3v) is 5.77. The van der Waals surface area contributed by atoms with Gasteiger partial charge in [0.15, 0.2) is 6.61 Å². The van der Waals surface area contributed by atoms with Crippen LogP contribution in [0.25, 0.3) is 11.4 Å². The van der Waals surface area contributed by atoms with E-state index in [1.54, 1.807) is 19.1 Å². The molecule has 2 N–H and O–H groups in total. The SMILES string of the molecule is CCc1ccc(-c2noc(COc3ccc(CC(C(=O)O)=C(C)NOCc4ccccc4)cc3)n2)cc1. The molecule has 4 aromatic rings. The Labute approximate surface area is 215 Å². The number of rotatable bonds is 12. The van der Waals surface area contributed by atoms with Crippen LogP contribution in [0.3, 0.4) is 0 Å². The predicted octanol–water partition coefficient (Wildman–Crippen LogP) is 5.50. The van der Waals surface area contributed by atoms with E-state index in [0.29, 0.717) is 29.8 Å². The monoisotopic (exact) mass is 499 g/mol. The molecule has 8 nitrogen and oxygen atoms in total. The number of ether oxygens (including phenoxy) is 1. The molecule has 0 fully saturated rings. The second-order valence-electron chi connectivity index (χ2n) is 8.46. The number of carboxylic acids is 1. The van der Waals surface area contributed by atoms with E-state index in [0.717, 1.165) is 23.1 Å². The smallest absolute Gasteiger partial charge is 0.333 e. The molecule has 0 bridgehead atoms. The van der Waals surface area contributed by atoms with Crippen LogP contribution in [0, 0.1) is 0 Å². The fourth-order valence-corrected chi connectivity index (χ4v) is 3.61. The third-order valence-electron chi connectivity index (χ3n) is 5.77. The van der Waals surface area contributed by atoms with Crippen LogP contribution in [-0.4, -0.2) is 21.2 Å². The number of aromatic nitrogens is 2. The Morgan fingerprint density at radius 2 is 1.62 bits per heavy atom. The Bertz CT molecular complexity index is 1330. The highest BCUT2D eigenvalue weighted by Crippen LogP contribution is 2.20. The average Bonchev–Trinajstić information content (AvgIpc) is 3.41. The Hall–Kier alpha value is -4.43. The van der Waals surface area contributed by atoms with Gasteiger partial charge in [-0.25, -0.2) is 4.79 Å². The first-order valence-electron chi connectivity index (χ1n) is 12.0. The Kier molecular flexibility index (Phi) is 8.67. The Morgan fingerprint density at radius 3 is 2.30 bits per heavy atom. The molecule has 4 rings (SSSR count). The lowest BCUT2D eigenvalue weighted by molar-refractivity contribution is -0.133. The molecule has 0 unspecified atom stereocenters. The van der Waals surface area contributed by atoms with E-state index in [1.807, 2.05) is 66.7 Å². The van der Waals surface area contributed by atoms with Gasteiger partial charge >= 0.3 is 5.97 Å². The van der Waals surface area contributed by atoms with E-state index >= 15 is 0 Å². The summed E-state index contributed by atoms with van der Waals surface area (Å²) in [7, 11) is 0. The number of allylic oxidation sites excluding steroid dienone is 1. The van der Waals surface area contributed by atoms with Crippen molar-refractivity contribution in [1.29, 1.82) is 0 Å². The number of hydrogen-bond acceptors (Lipinski definition) is 7. The van der Waals surface area contributed by atoms with E-state index < -0.39 is 5.97 Å². The Balaban J connectivity index is 1.31. The molecule has 0 saturated heterocycles. The van der Waals surface area contributed by atoms with Gasteiger partial charge in [0.1, 0.15) is 5.75 Å². The van der Waals surface area contributed by atoms with Crippen LogP contribution in [0.15, 0.2) is 94.7 Å². The lowest BCUT2D eigenvalue weighted by Crippen LogP contribution is -2.18. The van der Waals surface area contributed by atoms with Crippen molar-refractivity contribution < 1.29 is 24.0 Å². The maximum Gasteiger partial charge on any atom is 0.333 e. The first-order chi connectivity index (χ1) is 18.0. The zero-order chi connectivity index (χ0) is 26.0. The van der Waals surface area contributed by atoms with Crippen LogP contribution in [0.1, 0.15) is 36.4 Å². The molecule has 0 aliphatic heterocycles. The molecule has 8 heteroatoms. The molecule has 1 aromatic heterocycles. The highest BCUT2D eigenvalue weighted by Gasteiger charge is 2.14. The minimum Gasteiger partial charge on any atom is -0.484 e. The number of aliphatic carboxylic acids is 1. The van der Waals surface area contributed by atoms with Gasteiger partial charge in [0.25, 0.3) is 5.89 Å². The highest BCUT2D eigenvalue weighted by molar-refractivity contribution is 5.87. The van der Waals surface area contributed by atoms with Gasteiger partial charge in [-0.15, -0.1) is 0 Å². The number of hydroxylamine groups is 1. The summed E-state index contributed by atoms with van der Waals surface area (Å²) in [5.74, 6) is 0.483. The normalized spacial score (nSPS) is 11.6. The van der Waals surface area contributed by atoms with Gasteiger partial charge in [-0.05, 0) is 42.2 Å². The number of carboxylic acid groups (broad SMARTS) is 1. The second-order valence-corrected chi connectivity index (χ2v) is 8.46. The van der Waals surface area contributed by atoms with Crippen LogP contribution in [0.4, 0.5) is 0 Å². The summed E-state index contributed by atoms with van der Waals surface area (Å²) in [6, 6.07) is 24.9. The van der Waals surface area contributed by atoms with Crippen LogP contribution in [0.5, 0.6) is 5.75 Å². The molecule has 3 aromatic carbocycles. The third kappa shape index (κ3) is 7.28. The molecule has 0 aliphatic carbocycles. The number of carbonyl (C=O) groups is 1. The topological polar surface area (TPSA) is 107 Å². The number of nitrogens with zero attached hydrogens (tertiary/aromatic N) is 2. The number of benzene rings is 3. The molecule has 0 atom stereocenters. The van der Waals surface area contributed by atoms with Crippen molar-refractivity contribution >= 4 is 5.97 Å². The summed E-state index contributed by atoms with van der Waals surface area (Å²) in [5, 5.41) is 13.7. The summed E-state index contributed by atoms with van der Waals surface area (Å²) in [5.41, 5.74) is 7.35. The van der Waals surface area contributed by atoms with Crippen molar-refractivity contribution in [2.75, 3.05) is 0 Å². The molecule has 190 valence electrons. The summed E-state index contributed by atoms with van der Waals surface area (Å²) in [4.78, 5) is 21.7. The van der Waals surface area contributed by atoms with Crippen LogP contribution in [-0.2, 0) is 35.7 Å². The molecule has 0 radical (unpaired) electrons. The summed E-state index contributed by atoms with van der Waals surface area (Å²) in [6.45, 7) is 4.24. The van der Waals surface area contributed by atoms with E-state index in [9.17, 15) is 9.90 Å². The van der Waals surface area contributed by atoms with Crippen molar-refractivity contribution in [2.24, 2.45) is 0 Å². The average molecular weight is 500 g/mol. The summed E-state index contributed by atoms with van der Waals surface area (Å²) in [6.07, 6.45) is 1.20. The lowest BCUT2D eigenvalue weighted by atomic mass is 10.0. The van der Waals surface area contributed by atoms with Gasteiger partial charge < -0.3 is 14.4 Å². The van der Waals surface area contributed by atoms with Crippen molar-refractivity contribution in [3.05, 3.63) is 113 Å². The fraction of sp³-hybridized carbons (Fsp3) is 0.207. The van der Waals surface area contributed by atoms with Gasteiger partial charge in [-0.1, -0.05) is 78.8 Å². The zero-order valence-corrected chi connectivity index (χ0v) is 20.8. The van der Waals surface area contributed by atoms with Crippen molar-refractivity contribution in [1.82, 2.24) is 15.6 Å². The van der Waals surface area contributed by atoms with Crippen molar-refractivity contribution in [3.8, 4) is 17.1 Å². The number of aryl methyl sites for hydroxylation is 1. The van der Waals surface area contributed by atoms with Gasteiger partial charge in [-0.2, -0.15) is 4.98 Å². The predicted molar refractivity (Wildman–Crippen MR) is 138 cm³/mol. The maximum absolute atomic E-state index is 11.8. The van der Waals surface area contributed by atoms with Gasteiger partial charge in [-0.3, -0.25) is 10.3 Å². The molecule has 37 heavy (non-hydrogen) atoms. The van der Waals surface area contributed by atoms with Crippen LogP contribution < -0.4 is 10.2 Å². The minimum absolute atomic E-state index is 0.126. The molecular weight excluding hydrogens is 470 g/mol. The molecule has 0 aliphatic rings. The maximum atomic E-state index is 11.8. The fourth-order valence-electron chi connectivity index (χ4n) is 3.61. The number of nitrogens with one attached hydrogen (secondary N) is 1. The van der Waals surface area contributed by atoms with Crippen LogP contribution in [0.2, 0.25) is 0 Å². The quantitative estimate of drug-likeness (QED) is 0.194. The van der Waals surface area contributed by atoms with Crippen molar-refractivity contribution in [2.45, 2.75) is 39.9 Å². The first kappa shape index (κ1) is 25.7. The molecule has 0 saturated carbocycles. The van der Waals surface area contributed by atoms with E-state index in [1.165, 1.54) is 5.56 Å². The second kappa shape index (κ2) is 12.5. The lowest BCUT2D eigenvalue weighted by Gasteiger charge is -2.12. The highest BCUT2D eigenvalue weighted by atomic mass is 16.6. The summed E-state index contributed by atoms with van der Waals surface area (Å²) < 4.78 is 11.1. The summed E-state index contributed by atoms with van der Waals surface area (Å²) >= 11 is 0. The van der Waals surface area contributed by atoms with Crippen LogP contribution >= 0.6 is 0 Å². The molecule has 0 spiro atoms. The van der Waals surface area contributed by atoms with Gasteiger partial charge in [0.2, 0.25) is 5.82 Å². The minimum atomic E-state index is -1.01. The zero-order valence-electron chi connectivity index (χ0n) is 20.8. The number of hydrogen-bond donors (Lipinski definition) is 2. The Morgan fingerprint density at radius 1 is 0.919 bits per heavy atom. The van der Waals surface area contributed by atoms with E-state index in [4.69, 9.17) is 14.1 Å². The standard InChI is InChI=1S/C29H29N3O5/c1-3-21-9-13-24(14-10-21)28-30-27(37-32-28)19-35-25-15-11-22(12-16-25)17-26(29(33)34)20(2)31-36-18-23-7-5-4-6-8-23/h4-16,31H,3,17-19H2,1-2H3,(H,33,34). The van der Waals surface area contributed by atoms with E-state index in [2.05, 4.69) is 22.5 Å².